The molecule has 0 saturated heterocycles. The highest BCUT2D eigenvalue weighted by atomic mass is 16.6. The molecule has 1 heterocycles. The number of benzene rings is 1. The molecule has 0 saturated carbocycles. The number of rotatable bonds is 3. The Morgan fingerprint density at radius 1 is 1.38 bits per heavy atom. The largest absolute Gasteiger partial charge is 0.496 e. The molecule has 0 atom stereocenters. The summed E-state index contributed by atoms with van der Waals surface area (Å²) in [4.78, 5) is 13.6. The van der Waals surface area contributed by atoms with Crippen LogP contribution < -0.4 is 4.74 Å². The summed E-state index contributed by atoms with van der Waals surface area (Å²) in [6.07, 6.45) is 1.39. The first kappa shape index (κ1) is 10.1. The van der Waals surface area contributed by atoms with Crippen molar-refractivity contribution in [3.05, 3.63) is 24.3 Å². The third-order valence-corrected chi connectivity index (χ3v) is 1.98. The van der Waals surface area contributed by atoms with Crippen LogP contribution in [0.3, 0.4) is 0 Å². The number of carbonyl (C=O) groups excluding carboxylic acids is 1. The fourth-order valence-electron chi connectivity index (χ4n) is 1.31. The van der Waals surface area contributed by atoms with Crippen molar-refractivity contribution in [2.75, 3.05) is 7.11 Å². The number of methoxy groups -OCH3 is 1. The first-order chi connectivity index (χ1) is 7.86. The molecule has 0 amide bonds. The van der Waals surface area contributed by atoms with Gasteiger partial charge in [-0.15, -0.1) is 4.99 Å². The number of hydrogen-bond donors (Lipinski definition) is 0. The van der Waals surface area contributed by atoms with E-state index >= 15 is 0 Å². The van der Waals surface area contributed by atoms with Crippen molar-refractivity contribution in [1.82, 2.24) is 10.3 Å². The van der Waals surface area contributed by atoms with E-state index in [-0.39, 0.29) is 5.82 Å². The van der Waals surface area contributed by atoms with Crippen molar-refractivity contribution in [2.45, 2.75) is 0 Å². The molecule has 0 spiro atoms. The fourth-order valence-corrected chi connectivity index (χ4v) is 1.31. The summed E-state index contributed by atoms with van der Waals surface area (Å²) in [5.41, 5.74) is 1.00. The van der Waals surface area contributed by atoms with Crippen LogP contribution in [-0.4, -0.2) is 23.5 Å². The molecule has 0 N–H and O–H groups in total. The Morgan fingerprint density at radius 2 is 2.19 bits per heavy atom. The predicted molar refractivity (Wildman–Crippen MR) is 54.1 cm³/mol. The van der Waals surface area contributed by atoms with Gasteiger partial charge >= 0.3 is 0 Å². The summed E-state index contributed by atoms with van der Waals surface area (Å²) in [7, 11) is 1.54. The summed E-state index contributed by atoms with van der Waals surface area (Å²) < 4.78 is 9.68. The maximum atomic E-state index is 10.2. The van der Waals surface area contributed by atoms with E-state index in [1.54, 1.807) is 18.2 Å². The Morgan fingerprint density at radius 3 is 2.94 bits per heavy atom. The van der Waals surface area contributed by atoms with Crippen molar-refractivity contribution in [1.29, 1.82) is 0 Å². The Kier molecular flexibility index (Phi) is 2.75. The minimum atomic E-state index is 0.0829. The molecule has 0 bridgehead atoms. The molecule has 1 aromatic carbocycles. The van der Waals surface area contributed by atoms with Gasteiger partial charge in [-0.2, -0.15) is 0 Å². The van der Waals surface area contributed by atoms with Gasteiger partial charge < -0.3 is 4.74 Å². The van der Waals surface area contributed by atoms with Crippen molar-refractivity contribution in [3.63, 3.8) is 0 Å². The monoisotopic (exact) mass is 217 g/mol. The van der Waals surface area contributed by atoms with Crippen molar-refractivity contribution in [2.24, 2.45) is 4.99 Å². The summed E-state index contributed by atoms with van der Waals surface area (Å²) in [6, 6.07) is 7.15. The lowest BCUT2D eigenvalue weighted by Crippen LogP contribution is -1.87. The highest BCUT2D eigenvalue weighted by Crippen LogP contribution is 2.33. The van der Waals surface area contributed by atoms with E-state index in [9.17, 15) is 4.79 Å². The maximum absolute atomic E-state index is 10.2. The summed E-state index contributed by atoms with van der Waals surface area (Å²) in [5.74, 6) is 0.681. The van der Waals surface area contributed by atoms with Crippen LogP contribution in [0.25, 0.3) is 11.3 Å². The van der Waals surface area contributed by atoms with Gasteiger partial charge in [0.05, 0.1) is 7.11 Å². The number of isocyanates is 1. The molecule has 0 aliphatic heterocycles. The van der Waals surface area contributed by atoms with Gasteiger partial charge in [0.25, 0.3) is 0 Å². The smallest absolute Gasteiger partial charge is 0.242 e. The topological polar surface area (TPSA) is 77.6 Å². The van der Waals surface area contributed by atoms with E-state index in [2.05, 4.69) is 19.9 Å². The van der Waals surface area contributed by atoms with Crippen LogP contribution in [0.2, 0.25) is 0 Å². The normalized spacial score (nSPS) is 9.56. The number of aliphatic imine (C=N–C) groups is 1. The lowest BCUT2D eigenvalue weighted by atomic mass is 10.1. The van der Waals surface area contributed by atoms with E-state index in [0.717, 1.165) is 0 Å². The summed E-state index contributed by atoms with van der Waals surface area (Å²) in [5, 5.41) is 7.16. The summed E-state index contributed by atoms with van der Waals surface area (Å²) in [6.45, 7) is 0. The quantitative estimate of drug-likeness (QED) is 0.577. The van der Waals surface area contributed by atoms with E-state index in [1.165, 1.54) is 13.2 Å². The Hall–Kier alpha value is -2.46. The Balaban J connectivity index is 2.58. The molecule has 0 radical (unpaired) electrons. The highest BCUT2D eigenvalue weighted by Gasteiger charge is 2.15. The molecule has 2 rings (SSSR count). The minimum Gasteiger partial charge on any atom is -0.496 e. The van der Waals surface area contributed by atoms with Crippen LogP contribution in [0, 0.1) is 0 Å². The van der Waals surface area contributed by atoms with Crippen LogP contribution >= 0.6 is 0 Å². The van der Waals surface area contributed by atoms with Crippen molar-refractivity contribution in [3.8, 4) is 17.0 Å². The zero-order valence-electron chi connectivity index (χ0n) is 8.38. The predicted octanol–water partition coefficient (Wildman–Crippen LogP) is 1.71. The minimum absolute atomic E-state index is 0.0829. The van der Waals surface area contributed by atoms with Crippen LogP contribution in [0.4, 0.5) is 5.82 Å². The Bertz CT molecular complexity index is 544. The third kappa shape index (κ3) is 1.69. The average Bonchev–Trinajstić information content (AvgIpc) is 2.77. The van der Waals surface area contributed by atoms with E-state index in [4.69, 9.17) is 4.74 Å². The molecule has 6 heteroatoms. The van der Waals surface area contributed by atoms with E-state index < -0.39 is 0 Å². The number of ether oxygens (including phenoxy) is 1. The van der Waals surface area contributed by atoms with Crippen LogP contribution in [0.5, 0.6) is 5.75 Å². The molecule has 1 aromatic heterocycles. The standard InChI is InChI=1S/C10H7N3O3/c1-15-8-5-3-2-4-7(8)9-10(11-6-14)13-16-12-9/h2-5H,1H3. The molecule has 0 aliphatic rings. The lowest BCUT2D eigenvalue weighted by Gasteiger charge is -2.03. The fraction of sp³-hybridized carbons (Fsp3) is 0.100. The third-order valence-electron chi connectivity index (χ3n) is 1.98. The second-order valence-corrected chi connectivity index (χ2v) is 2.84. The second kappa shape index (κ2) is 4.37. The van der Waals surface area contributed by atoms with Crippen LogP contribution in [-0.2, 0) is 4.79 Å². The number of para-hydroxylation sites is 1. The van der Waals surface area contributed by atoms with Crippen molar-refractivity contribution < 1.29 is 14.2 Å². The molecular formula is C10H7N3O3. The van der Waals surface area contributed by atoms with Crippen LogP contribution in [0.1, 0.15) is 0 Å². The molecule has 6 nitrogen and oxygen atoms in total. The van der Waals surface area contributed by atoms with Gasteiger partial charge in [0, 0.05) is 5.56 Å². The lowest BCUT2D eigenvalue weighted by molar-refractivity contribution is 0.309. The van der Waals surface area contributed by atoms with Gasteiger partial charge in [0.1, 0.15) is 5.75 Å². The summed E-state index contributed by atoms with van der Waals surface area (Å²) >= 11 is 0. The number of nitrogens with zero attached hydrogens (tertiary/aromatic N) is 3. The number of aromatic nitrogens is 2. The average molecular weight is 217 g/mol. The van der Waals surface area contributed by atoms with Gasteiger partial charge in [-0.05, 0) is 22.4 Å². The Labute approximate surface area is 90.5 Å². The second-order valence-electron chi connectivity index (χ2n) is 2.84. The maximum Gasteiger partial charge on any atom is 0.242 e. The van der Waals surface area contributed by atoms with Gasteiger partial charge in [-0.3, -0.25) is 0 Å². The van der Waals surface area contributed by atoms with E-state index in [0.29, 0.717) is 17.0 Å². The molecule has 0 aliphatic carbocycles. The SMILES string of the molecule is COc1ccccc1-c1nonc1N=C=O. The zero-order chi connectivity index (χ0) is 11.4. The van der Waals surface area contributed by atoms with Crippen LogP contribution in [0.15, 0.2) is 33.9 Å². The molecule has 0 unspecified atom stereocenters. The molecule has 16 heavy (non-hydrogen) atoms. The first-order valence-corrected chi connectivity index (χ1v) is 4.40. The van der Waals surface area contributed by atoms with Crippen molar-refractivity contribution >= 4 is 11.9 Å². The number of hydrogen-bond acceptors (Lipinski definition) is 6. The molecule has 2 aromatic rings. The molecular weight excluding hydrogens is 210 g/mol. The molecule has 0 fully saturated rings. The molecule has 80 valence electrons. The van der Waals surface area contributed by atoms with E-state index in [1.807, 2.05) is 6.07 Å². The van der Waals surface area contributed by atoms with Gasteiger partial charge in [0.2, 0.25) is 11.9 Å². The van der Waals surface area contributed by atoms with Gasteiger partial charge in [-0.1, -0.05) is 12.1 Å². The van der Waals surface area contributed by atoms with Gasteiger partial charge in [0.15, 0.2) is 5.69 Å². The highest BCUT2D eigenvalue weighted by molar-refractivity contribution is 5.75. The first-order valence-electron chi connectivity index (χ1n) is 4.40. The van der Waals surface area contributed by atoms with Gasteiger partial charge in [-0.25, -0.2) is 9.42 Å². The zero-order valence-corrected chi connectivity index (χ0v) is 8.38.